The fourth-order valence-electron chi connectivity index (χ4n) is 4.79. The molecule has 0 spiro atoms. The van der Waals surface area contributed by atoms with Crippen LogP contribution in [0.25, 0.3) is 0 Å². The molecule has 0 atom stereocenters. The third kappa shape index (κ3) is 14.2. The molecule has 0 heterocycles. The van der Waals surface area contributed by atoms with Crippen molar-refractivity contribution in [2.75, 3.05) is 6.61 Å². The highest BCUT2D eigenvalue weighted by molar-refractivity contribution is 7.39. The second-order valence-corrected chi connectivity index (χ2v) is 10.3. The molecule has 3 nitrogen and oxygen atoms in total. The Hall–Kier alpha value is -1.25. The molecular weight excluding hydrogens is 439 g/mol. The van der Waals surface area contributed by atoms with Crippen LogP contribution in [0.15, 0.2) is 60.7 Å². The van der Waals surface area contributed by atoms with Crippen molar-refractivity contribution in [3.8, 4) is 0 Å². The lowest BCUT2D eigenvalue weighted by Crippen LogP contribution is -2.01. The number of hydrogen-bond donors (Lipinski definition) is 2. The quantitative estimate of drug-likeness (QED) is 0.136. The first-order valence-corrected chi connectivity index (χ1v) is 14.8. The molecule has 0 radical (unpaired) electrons. The van der Waals surface area contributed by atoms with E-state index in [2.05, 4.69) is 60.7 Å². The molecule has 0 fully saturated rings. The van der Waals surface area contributed by atoms with E-state index >= 15 is 0 Å². The summed E-state index contributed by atoms with van der Waals surface area (Å²) in [5.74, 6) is 0.525. The van der Waals surface area contributed by atoms with Crippen LogP contribution in [0.3, 0.4) is 0 Å². The van der Waals surface area contributed by atoms with E-state index in [1.165, 1.54) is 101 Å². The predicted octanol–water partition coefficient (Wildman–Crippen LogP) is 9.29. The summed E-state index contributed by atoms with van der Waals surface area (Å²) in [6.45, 7) is 0.473. The second-order valence-electron chi connectivity index (χ2n) is 9.55. The number of hydrogen-bond acceptors (Lipinski definition) is 3. The van der Waals surface area contributed by atoms with Gasteiger partial charge in [-0.15, -0.1) is 0 Å². The van der Waals surface area contributed by atoms with Crippen molar-refractivity contribution < 1.29 is 14.3 Å². The minimum Gasteiger partial charge on any atom is -0.328 e. The zero-order valence-electron chi connectivity index (χ0n) is 21.1. The fraction of sp³-hybridized carbons (Fsp3) is 0.600. The average molecular weight is 487 g/mol. The van der Waals surface area contributed by atoms with Gasteiger partial charge < -0.3 is 14.3 Å². The van der Waals surface area contributed by atoms with Gasteiger partial charge in [0.1, 0.15) is 0 Å². The molecular formula is C30H47O3P. The van der Waals surface area contributed by atoms with Crippen LogP contribution in [0.5, 0.6) is 0 Å². The van der Waals surface area contributed by atoms with Crippen molar-refractivity contribution in [3.05, 3.63) is 71.8 Å². The summed E-state index contributed by atoms with van der Waals surface area (Å²) in [6, 6.07) is 22.0. The third-order valence-electron chi connectivity index (χ3n) is 6.75. The van der Waals surface area contributed by atoms with E-state index in [0.29, 0.717) is 12.5 Å². The average Bonchev–Trinajstić information content (AvgIpc) is 2.86. The van der Waals surface area contributed by atoms with Crippen LogP contribution in [-0.4, -0.2) is 16.4 Å². The standard InChI is InChI=1S/C30H47O3P/c31-34(32)33-27-21-13-11-9-7-5-3-1-2-4-6-8-10-12-20-26-30(28-22-16-14-17-23-28)29-24-18-15-19-25-29/h14-19,22-25,30-32H,1-13,20-21,26-27H2. The Labute approximate surface area is 210 Å². The van der Waals surface area contributed by atoms with Gasteiger partial charge in [-0.3, -0.25) is 0 Å². The molecule has 0 aromatic heterocycles. The summed E-state index contributed by atoms with van der Waals surface area (Å²) in [6.07, 6.45) is 20.9. The van der Waals surface area contributed by atoms with Crippen LogP contribution < -0.4 is 0 Å². The Kier molecular flexibility index (Phi) is 17.0. The molecule has 0 saturated heterocycles. The van der Waals surface area contributed by atoms with Crippen molar-refractivity contribution in [2.24, 2.45) is 0 Å². The van der Waals surface area contributed by atoms with Crippen molar-refractivity contribution >= 4 is 8.60 Å². The SMILES string of the molecule is OP(O)OCCCCCCCCCCCCCCCCCC(c1ccccc1)c1ccccc1. The van der Waals surface area contributed by atoms with E-state index in [-0.39, 0.29) is 0 Å². The summed E-state index contributed by atoms with van der Waals surface area (Å²) >= 11 is 0. The first-order valence-electron chi connectivity index (χ1n) is 13.7. The van der Waals surface area contributed by atoms with Gasteiger partial charge in [-0.1, -0.05) is 151 Å². The third-order valence-corrected chi connectivity index (χ3v) is 7.16. The van der Waals surface area contributed by atoms with E-state index in [1.54, 1.807) is 0 Å². The summed E-state index contributed by atoms with van der Waals surface area (Å²) in [5, 5.41) is 0. The van der Waals surface area contributed by atoms with E-state index in [4.69, 9.17) is 14.3 Å². The predicted molar refractivity (Wildman–Crippen MR) is 146 cm³/mol. The summed E-state index contributed by atoms with van der Waals surface area (Å²) < 4.78 is 4.78. The monoisotopic (exact) mass is 486 g/mol. The van der Waals surface area contributed by atoms with Gasteiger partial charge in [0.25, 0.3) is 0 Å². The molecule has 0 saturated carbocycles. The van der Waals surface area contributed by atoms with Gasteiger partial charge in [0.05, 0.1) is 6.61 Å². The van der Waals surface area contributed by atoms with Crippen LogP contribution in [0.2, 0.25) is 0 Å². The Balaban J connectivity index is 1.40. The normalized spacial score (nSPS) is 11.5. The molecule has 0 aliphatic carbocycles. The summed E-state index contributed by atoms with van der Waals surface area (Å²) in [4.78, 5) is 17.3. The highest BCUT2D eigenvalue weighted by atomic mass is 31.2. The second kappa shape index (κ2) is 20.0. The number of unbranched alkanes of at least 4 members (excludes halogenated alkanes) is 14. The molecule has 2 aromatic rings. The molecule has 4 heteroatoms. The van der Waals surface area contributed by atoms with Gasteiger partial charge in [-0.25, -0.2) is 0 Å². The van der Waals surface area contributed by atoms with E-state index < -0.39 is 8.60 Å². The van der Waals surface area contributed by atoms with Crippen molar-refractivity contribution in [1.82, 2.24) is 0 Å². The fourth-order valence-corrected chi connectivity index (χ4v) is 5.08. The van der Waals surface area contributed by atoms with Gasteiger partial charge in [-0.2, -0.15) is 0 Å². The van der Waals surface area contributed by atoms with Gasteiger partial charge in [0, 0.05) is 5.92 Å². The van der Waals surface area contributed by atoms with Crippen molar-refractivity contribution in [3.63, 3.8) is 0 Å². The smallest absolute Gasteiger partial charge is 0.327 e. The molecule has 0 aliphatic heterocycles. The number of rotatable bonds is 21. The maximum Gasteiger partial charge on any atom is 0.327 e. The highest BCUT2D eigenvalue weighted by Gasteiger charge is 2.13. The van der Waals surface area contributed by atoms with Gasteiger partial charge in [-0.05, 0) is 24.0 Å². The minimum absolute atomic E-state index is 0.473. The minimum atomic E-state index is -2.16. The highest BCUT2D eigenvalue weighted by Crippen LogP contribution is 2.30. The van der Waals surface area contributed by atoms with Gasteiger partial charge in [0.2, 0.25) is 0 Å². The molecule has 190 valence electrons. The van der Waals surface area contributed by atoms with Crippen LogP contribution >= 0.6 is 8.60 Å². The van der Waals surface area contributed by atoms with Crippen LogP contribution in [0.1, 0.15) is 120 Å². The Morgan fingerprint density at radius 2 is 0.853 bits per heavy atom. The molecule has 34 heavy (non-hydrogen) atoms. The molecule has 0 bridgehead atoms. The summed E-state index contributed by atoms with van der Waals surface area (Å²) in [5.41, 5.74) is 2.89. The van der Waals surface area contributed by atoms with E-state index in [0.717, 1.165) is 12.8 Å². The topological polar surface area (TPSA) is 49.7 Å². The lowest BCUT2D eigenvalue weighted by molar-refractivity contribution is 0.248. The number of benzene rings is 2. The van der Waals surface area contributed by atoms with Crippen molar-refractivity contribution in [1.29, 1.82) is 0 Å². The molecule has 2 aromatic carbocycles. The largest absolute Gasteiger partial charge is 0.328 e. The Morgan fingerprint density at radius 1 is 0.500 bits per heavy atom. The molecule has 2 rings (SSSR count). The van der Waals surface area contributed by atoms with Crippen LogP contribution in [-0.2, 0) is 4.52 Å². The zero-order chi connectivity index (χ0) is 24.1. The van der Waals surface area contributed by atoms with Crippen LogP contribution in [0.4, 0.5) is 0 Å². The first-order chi connectivity index (χ1) is 16.8. The molecule has 0 unspecified atom stereocenters. The van der Waals surface area contributed by atoms with Gasteiger partial charge in [0.15, 0.2) is 0 Å². The Bertz CT molecular complexity index is 653. The first kappa shape index (κ1) is 29.0. The van der Waals surface area contributed by atoms with E-state index in [9.17, 15) is 0 Å². The van der Waals surface area contributed by atoms with E-state index in [1.807, 2.05) is 0 Å². The van der Waals surface area contributed by atoms with Gasteiger partial charge >= 0.3 is 8.60 Å². The molecule has 0 aliphatic rings. The van der Waals surface area contributed by atoms with Crippen LogP contribution in [0, 0.1) is 0 Å². The molecule has 2 N–H and O–H groups in total. The maximum atomic E-state index is 8.67. The lowest BCUT2D eigenvalue weighted by Gasteiger charge is -2.18. The Morgan fingerprint density at radius 3 is 1.24 bits per heavy atom. The summed E-state index contributed by atoms with van der Waals surface area (Å²) in [7, 11) is -2.16. The maximum absolute atomic E-state index is 8.67. The zero-order valence-corrected chi connectivity index (χ0v) is 22.0. The van der Waals surface area contributed by atoms with Crippen molar-refractivity contribution in [2.45, 2.75) is 109 Å². The lowest BCUT2D eigenvalue weighted by atomic mass is 9.87. The molecule has 0 amide bonds.